The summed E-state index contributed by atoms with van der Waals surface area (Å²) in [4.78, 5) is 23.0. The Morgan fingerprint density at radius 1 is 1.37 bits per heavy atom. The number of hydrogen-bond acceptors (Lipinski definition) is 6. The Bertz CT molecular complexity index is 1010. The summed E-state index contributed by atoms with van der Waals surface area (Å²) in [5.41, 5.74) is 1.92. The first-order valence-corrected chi connectivity index (χ1v) is 11.6. The minimum Gasteiger partial charge on any atom is -0.379 e. The van der Waals surface area contributed by atoms with E-state index in [2.05, 4.69) is 4.90 Å². The van der Waals surface area contributed by atoms with Crippen LogP contribution in [0.4, 0.5) is 5.13 Å². The SMILES string of the molecule is Cc1cc(Cl)cc2sc(N(CCN3CCOCC3)C(=O)C=Cc3cccs3)nc12.Cl. The Balaban J connectivity index is 0.00000256. The lowest BCUT2D eigenvalue weighted by Crippen LogP contribution is -2.42. The van der Waals surface area contributed by atoms with Gasteiger partial charge < -0.3 is 4.74 Å². The summed E-state index contributed by atoms with van der Waals surface area (Å²) in [6.45, 7) is 6.63. The number of aryl methyl sites for hydroxylation is 1. The van der Waals surface area contributed by atoms with Gasteiger partial charge in [0, 0.05) is 42.2 Å². The van der Waals surface area contributed by atoms with Gasteiger partial charge in [-0.3, -0.25) is 14.6 Å². The molecule has 9 heteroatoms. The summed E-state index contributed by atoms with van der Waals surface area (Å²) in [7, 11) is 0. The molecular formula is C21H23Cl2N3O2S2. The Hall–Kier alpha value is -1.48. The topological polar surface area (TPSA) is 45.7 Å². The number of carbonyl (C=O) groups is 1. The van der Waals surface area contributed by atoms with Gasteiger partial charge in [-0.05, 0) is 42.1 Å². The fourth-order valence-electron chi connectivity index (χ4n) is 3.25. The van der Waals surface area contributed by atoms with E-state index in [1.807, 2.05) is 42.6 Å². The number of fused-ring (bicyclic) bond motifs is 1. The molecule has 1 fully saturated rings. The average Bonchev–Trinajstić information content (AvgIpc) is 3.37. The van der Waals surface area contributed by atoms with Crippen LogP contribution in [-0.4, -0.2) is 55.2 Å². The molecule has 0 radical (unpaired) electrons. The number of thiazole rings is 1. The van der Waals surface area contributed by atoms with Crippen molar-refractivity contribution in [2.75, 3.05) is 44.3 Å². The predicted molar refractivity (Wildman–Crippen MR) is 130 cm³/mol. The van der Waals surface area contributed by atoms with Crippen molar-refractivity contribution >= 4 is 74.0 Å². The van der Waals surface area contributed by atoms with Gasteiger partial charge in [0.15, 0.2) is 5.13 Å². The van der Waals surface area contributed by atoms with E-state index in [9.17, 15) is 4.79 Å². The smallest absolute Gasteiger partial charge is 0.252 e. The van der Waals surface area contributed by atoms with Crippen molar-refractivity contribution < 1.29 is 9.53 Å². The van der Waals surface area contributed by atoms with Crippen LogP contribution in [0.1, 0.15) is 10.4 Å². The number of halogens is 2. The zero-order valence-electron chi connectivity index (χ0n) is 16.5. The van der Waals surface area contributed by atoms with Gasteiger partial charge in [0.25, 0.3) is 5.91 Å². The molecule has 30 heavy (non-hydrogen) atoms. The predicted octanol–water partition coefficient (Wildman–Crippen LogP) is 5.12. The third kappa shape index (κ3) is 5.60. The lowest BCUT2D eigenvalue weighted by atomic mass is 10.2. The summed E-state index contributed by atoms with van der Waals surface area (Å²) in [6.07, 6.45) is 3.50. The van der Waals surface area contributed by atoms with Gasteiger partial charge in [-0.25, -0.2) is 4.98 Å². The third-order valence-electron chi connectivity index (χ3n) is 4.81. The number of rotatable bonds is 6. The summed E-state index contributed by atoms with van der Waals surface area (Å²) in [5, 5.41) is 3.40. The molecule has 1 saturated heterocycles. The van der Waals surface area contributed by atoms with Crippen molar-refractivity contribution in [1.82, 2.24) is 9.88 Å². The van der Waals surface area contributed by atoms with E-state index in [1.54, 1.807) is 22.3 Å². The fourth-order valence-corrected chi connectivity index (χ4v) is 5.32. The maximum absolute atomic E-state index is 13.1. The molecule has 0 spiro atoms. The Morgan fingerprint density at radius 3 is 2.90 bits per heavy atom. The molecule has 0 aliphatic carbocycles. The average molecular weight is 484 g/mol. The Labute approximate surface area is 195 Å². The summed E-state index contributed by atoms with van der Waals surface area (Å²) < 4.78 is 6.42. The minimum atomic E-state index is -0.0607. The number of anilines is 1. The second-order valence-corrected chi connectivity index (χ2v) is 9.28. The van der Waals surface area contributed by atoms with Crippen LogP contribution in [0, 0.1) is 6.92 Å². The van der Waals surface area contributed by atoms with Crippen LogP contribution in [0.15, 0.2) is 35.7 Å². The molecule has 4 rings (SSSR count). The van der Waals surface area contributed by atoms with E-state index in [0.717, 1.165) is 53.5 Å². The number of morpholine rings is 1. The highest BCUT2D eigenvalue weighted by atomic mass is 35.5. The molecule has 3 heterocycles. The second-order valence-electron chi connectivity index (χ2n) is 6.86. The van der Waals surface area contributed by atoms with Crippen LogP contribution in [0.3, 0.4) is 0 Å². The van der Waals surface area contributed by atoms with Crippen molar-refractivity contribution in [3.63, 3.8) is 0 Å². The van der Waals surface area contributed by atoms with Gasteiger partial charge in [-0.1, -0.05) is 29.0 Å². The number of aromatic nitrogens is 1. The molecular weight excluding hydrogens is 461 g/mol. The first-order valence-electron chi connectivity index (χ1n) is 9.50. The van der Waals surface area contributed by atoms with Crippen molar-refractivity contribution in [2.24, 2.45) is 0 Å². The quantitative estimate of drug-likeness (QED) is 0.456. The molecule has 1 amide bonds. The number of nitrogens with zero attached hydrogens (tertiary/aromatic N) is 3. The van der Waals surface area contributed by atoms with Crippen LogP contribution < -0.4 is 4.90 Å². The van der Waals surface area contributed by atoms with E-state index in [4.69, 9.17) is 21.3 Å². The van der Waals surface area contributed by atoms with Crippen molar-refractivity contribution in [3.05, 3.63) is 51.2 Å². The second kappa shape index (κ2) is 10.7. The number of thiophene rings is 1. The highest BCUT2D eigenvalue weighted by Gasteiger charge is 2.20. The number of carbonyl (C=O) groups excluding carboxylic acids is 1. The van der Waals surface area contributed by atoms with Crippen molar-refractivity contribution in [3.8, 4) is 0 Å². The fraction of sp³-hybridized carbons (Fsp3) is 0.333. The lowest BCUT2D eigenvalue weighted by Gasteiger charge is -2.28. The standard InChI is InChI=1S/C21H22ClN3O2S2.ClH/c1-15-13-16(22)14-18-20(15)23-21(29-18)25(7-6-24-8-10-27-11-9-24)19(26)5-4-17-3-2-12-28-17;/h2-5,12-14H,6-11H2,1H3;1H. The number of amides is 1. The Kier molecular flexibility index (Phi) is 8.27. The van der Waals surface area contributed by atoms with E-state index in [-0.39, 0.29) is 18.3 Å². The number of hydrogen-bond donors (Lipinski definition) is 0. The molecule has 0 N–H and O–H groups in total. The first-order chi connectivity index (χ1) is 14.1. The lowest BCUT2D eigenvalue weighted by molar-refractivity contribution is -0.114. The van der Waals surface area contributed by atoms with E-state index in [1.165, 1.54) is 11.3 Å². The minimum absolute atomic E-state index is 0. The monoisotopic (exact) mass is 483 g/mol. The molecule has 2 aromatic heterocycles. The molecule has 5 nitrogen and oxygen atoms in total. The van der Waals surface area contributed by atoms with E-state index >= 15 is 0 Å². The van der Waals surface area contributed by atoms with Crippen LogP contribution in [0.2, 0.25) is 5.02 Å². The molecule has 0 bridgehead atoms. The maximum atomic E-state index is 13.1. The molecule has 1 aliphatic heterocycles. The van der Waals surface area contributed by atoms with Crippen molar-refractivity contribution in [1.29, 1.82) is 0 Å². The van der Waals surface area contributed by atoms with Crippen LogP contribution in [0.25, 0.3) is 16.3 Å². The first kappa shape index (κ1) is 23.2. The van der Waals surface area contributed by atoms with Gasteiger partial charge in [-0.2, -0.15) is 0 Å². The molecule has 0 atom stereocenters. The maximum Gasteiger partial charge on any atom is 0.252 e. The Morgan fingerprint density at radius 2 is 2.17 bits per heavy atom. The highest BCUT2D eigenvalue weighted by molar-refractivity contribution is 7.22. The van der Waals surface area contributed by atoms with Gasteiger partial charge in [0.2, 0.25) is 0 Å². The van der Waals surface area contributed by atoms with Crippen molar-refractivity contribution in [2.45, 2.75) is 6.92 Å². The van der Waals surface area contributed by atoms with E-state index < -0.39 is 0 Å². The number of benzene rings is 1. The summed E-state index contributed by atoms with van der Waals surface area (Å²) >= 11 is 9.33. The normalized spacial score (nSPS) is 14.9. The molecule has 0 unspecified atom stereocenters. The van der Waals surface area contributed by atoms with E-state index in [0.29, 0.717) is 16.7 Å². The molecule has 1 aromatic carbocycles. The van der Waals surface area contributed by atoms with Crippen LogP contribution >= 0.6 is 46.7 Å². The molecule has 1 aliphatic rings. The van der Waals surface area contributed by atoms with Crippen LogP contribution in [0.5, 0.6) is 0 Å². The summed E-state index contributed by atoms with van der Waals surface area (Å²) in [6, 6.07) is 7.79. The zero-order chi connectivity index (χ0) is 20.2. The van der Waals surface area contributed by atoms with Crippen LogP contribution in [-0.2, 0) is 9.53 Å². The van der Waals surface area contributed by atoms with Gasteiger partial charge >= 0.3 is 0 Å². The van der Waals surface area contributed by atoms with Gasteiger partial charge in [0.1, 0.15) is 0 Å². The number of ether oxygens (including phenoxy) is 1. The third-order valence-corrected chi connectivity index (χ3v) is 6.89. The molecule has 160 valence electrons. The van der Waals surface area contributed by atoms with Gasteiger partial charge in [-0.15, -0.1) is 23.7 Å². The zero-order valence-corrected chi connectivity index (χ0v) is 19.8. The molecule has 0 saturated carbocycles. The van der Waals surface area contributed by atoms with Gasteiger partial charge in [0.05, 0.1) is 23.4 Å². The summed E-state index contributed by atoms with van der Waals surface area (Å²) in [5.74, 6) is -0.0607. The molecule has 3 aromatic rings. The highest BCUT2D eigenvalue weighted by Crippen LogP contribution is 2.33. The largest absolute Gasteiger partial charge is 0.379 e.